The van der Waals surface area contributed by atoms with Gasteiger partial charge in [-0.1, -0.05) is 18.2 Å². The van der Waals surface area contributed by atoms with Crippen LogP contribution in [0.25, 0.3) is 0 Å². The zero-order valence-corrected chi connectivity index (χ0v) is 17.2. The first-order chi connectivity index (χ1) is 14.3. The van der Waals surface area contributed by atoms with Crippen LogP contribution in [0.5, 0.6) is 5.75 Å². The Bertz CT molecular complexity index is 704. The molecule has 1 heterocycles. The number of primary amides is 1. The number of alkyl halides is 3. The van der Waals surface area contributed by atoms with E-state index in [4.69, 9.17) is 5.73 Å². The second-order valence-corrected chi connectivity index (χ2v) is 7.23. The molecule has 0 unspecified atom stereocenters. The van der Waals surface area contributed by atoms with Crippen molar-refractivity contribution in [1.82, 2.24) is 15.5 Å². The number of hydrogen-bond acceptors (Lipinski definition) is 4. The summed E-state index contributed by atoms with van der Waals surface area (Å²) in [5.41, 5.74) is 5.74. The Morgan fingerprint density at radius 3 is 2.57 bits per heavy atom. The number of nitrogens with one attached hydrogen (secondary N) is 2. The van der Waals surface area contributed by atoms with E-state index in [9.17, 15) is 18.0 Å². The summed E-state index contributed by atoms with van der Waals surface area (Å²) in [6, 6.07) is 6.01. The first kappa shape index (κ1) is 23.8. The second-order valence-electron chi connectivity index (χ2n) is 7.23. The third-order valence-corrected chi connectivity index (χ3v) is 5.05. The summed E-state index contributed by atoms with van der Waals surface area (Å²) in [4.78, 5) is 17.6. The van der Waals surface area contributed by atoms with E-state index in [0.717, 1.165) is 45.3 Å². The van der Waals surface area contributed by atoms with E-state index in [0.29, 0.717) is 18.1 Å². The fourth-order valence-corrected chi connectivity index (χ4v) is 3.38. The maximum Gasteiger partial charge on any atom is 0.573 e. The molecule has 0 spiro atoms. The lowest BCUT2D eigenvalue weighted by molar-refractivity contribution is -0.274. The molecule has 1 saturated heterocycles. The van der Waals surface area contributed by atoms with Crippen LogP contribution >= 0.6 is 0 Å². The molecule has 1 aromatic carbocycles. The highest BCUT2D eigenvalue weighted by molar-refractivity contribution is 5.79. The van der Waals surface area contributed by atoms with Crippen LogP contribution in [0.3, 0.4) is 0 Å². The van der Waals surface area contributed by atoms with Crippen molar-refractivity contribution in [3.8, 4) is 5.75 Å². The Morgan fingerprint density at radius 1 is 1.23 bits per heavy atom. The normalized spacial score (nSPS) is 16.3. The Kier molecular flexibility index (Phi) is 9.22. The Labute approximate surface area is 174 Å². The van der Waals surface area contributed by atoms with Crippen molar-refractivity contribution in [2.75, 3.05) is 33.2 Å². The SMILES string of the molecule is CN=C(NCCCCN1CCC(C(N)=O)CC1)NCc1ccccc1OC(F)(F)F. The van der Waals surface area contributed by atoms with Gasteiger partial charge in [0.15, 0.2) is 5.96 Å². The minimum atomic E-state index is -4.73. The fraction of sp³-hybridized carbons (Fsp3) is 0.600. The first-order valence-corrected chi connectivity index (χ1v) is 10.1. The predicted octanol–water partition coefficient (Wildman–Crippen LogP) is 2.23. The molecule has 0 bridgehead atoms. The molecule has 168 valence electrons. The largest absolute Gasteiger partial charge is 0.573 e. The fourth-order valence-electron chi connectivity index (χ4n) is 3.38. The summed E-state index contributed by atoms with van der Waals surface area (Å²) in [5.74, 6) is 0.0847. The highest BCUT2D eigenvalue weighted by Gasteiger charge is 2.32. The van der Waals surface area contributed by atoms with Gasteiger partial charge in [-0.2, -0.15) is 0 Å². The molecule has 1 aromatic rings. The number of carbonyl (C=O) groups is 1. The zero-order chi connectivity index (χ0) is 22.0. The van der Waals surface area contributed by atoms with Gasteiger partial charge in [0.05, 0.1) is 0 Å². The van der Waals surface area contributed by atoms with Crippen molar-refractivity contribution in [2.45, 2.75) is 38.6 Å². The molecule has 0 aliphatic carbocycles. The maximum atomic E-state index is 12.5. The molecule has 10 heteroatoms. The van der Waals surface area contributed by atoms with Gasteiger partial charge in [-0.05, 0) is 51.4 Å². The number of ether oxygens (including phenoxy) is 1. The lowest BCUT2D eigenvalue weighted by Gasteiger charge is -2.30. The van der Waals surface area contributed by atoms with Crippen LogP contribution in [0.15, 0.2) is 29.3 Å². The molecule has 4 N–H and O–H groups in total. The molecule has 0 radical (unpaired) electrons. The lowest BCUT2D eigenvalue weighted by atomic mass is 9.96. The van der Waals surface area contributed by atoms with Crippen LogP contribution < -0.4 is 21.1 Å². The molecule has 2 rings (SSSR count). The van der Waals surface area contributed by atoms with E-state index < -0.39 is 6.36 Å². The number of aliphatic imine (C=N–C) groups is 1. The van der Waals surface area contributed by atoms with Gasteiger partial charge < -0.3 is 26.0 Å². The highest BCUT2D eigenvalue weighted by Crippen LogP contribution is 2.26. The molecule has 30 heavy (non-hydrogen) atoms. The summed E-state index contributed by atoms with van der Waals surface area (Å²) in [5, 5.41) is 6.17. The third-order valence-electron chi connectivity index (χ3n) is 5.05. The molecular weight excluding hydrogens is 399 g/mol. The Hall–Kier alpha value is -2.49. The van der Waals surface area contributed by atoms with E-state index >= 15 is 0 Å². The van der Waals surface area contributed by atoms with Gasteiger partial charge >= 0.3 is 6.36 Å². The molecule has 0 aromatic heterocycles. The highest BCUT2D eigenvalue weighted by atomic mass is 19.4. The minimum absolute atomic E-state index is 0.00368. The second kappa shape index (κ2) is 11.6. The topological polar surface area (TPSA) is 92.0 Å². The summed E-state index contributed by atoms with van der Waals surface area (Å²) in [7, 11) is 1.61. The van der Waals surface area contributed by atoms with Crippen molar-refractivity contribution < 1.29 is 22.7 Å². The number of benzene rings is 1. The number of guanidine groups is 1. The number of nitrogens with zero attached hydrogens (tertiary/aromatic N) is 2. The van der Waals surface area contributed by atoms with Gasteiger partial charge in [-0.15, -0.1) is 13.2 Å². The van der Waals surface area contributed by atoms with E-state index in [2.05, 4.69) is 25.3 Å². The molecular formula is C20H30F3N5O2. The third kappa shape index (κ3) is 8.48. The summed E-state index contributed by atoms with van der Waals surface area (Å²) in [6.45, 7) is 3.59. The van der Waals surface area contributed by atoms with Crippen LogP contribution in [0.2, 0.25) is 0 Å². The smallest absolute Gasteiger partial charge is 0.405 e. The average molecular weight is 429 g/mol. The van der Waals surface area contributed by atoms with Crippen molar-refractivity contribution in [3.63, 3.8) is 0 Å². The van der Waals surface area contributed by atoms with Gasteiger partial charge in [0, 0.05) is 31.6 Å². The maximum absolute atomic E-state index is 12.5. The number of unbranched alkanes of at least 4 members (excludes halogenated alkanes) is 1. The van der Waals surface area contributed by atoms with Gasteiger partial charge in [-0.25, -0.2) is 0 Å². The average Bonchev–Trinajstić information content (AvgIpc) is 2.70. The number of halogens is 3. The van der Waals surface area contributed by atoms with Gasteiger partial charge in [0.1, 0.15) is 5.75 Å². The summed E-state index contributed by atoms with van der Waals surface area (Å²) >= 11 is 0. The summed E-state index contributed by atoms with van der Waals surface area (Å²) < 4.78 is 41.6. The molecule has 0 saturated carbocycles. The quantitative estimate of drug-likeness (QED) is 0.318. The molecule has 1 fully saturated rings. The van der Waals surface area contributed by atoms with Crippen molar-refractivity contribution >= 4 is 11.9 Å². The van der Waals surface area contributed by atoms with Crippen molar-refractivity contribution in [1.29, 1.82) is 0 Å². The predicted molar refractivity (Wildman–Crippen MR) is 109 cm³/mol. The molecule has 1 amide bonds. The Balaban J connectivity index is 1.66. The van der Waals surface area contributed by atoms with Crippen molar-refractivity contribution in [2.24, 2.45) is 16.6 Å². The van der Waals surface area contributed by atoms with Gasteiger partial charge in [0.2, 0.25) is 5.91 Å². The molecule has 1 aliphatic heterocycles. The van der Waals surface area contributed by atoms with E-state index in [-0.39, 0.29) is 24.1 Å². The summed E-state index contributed by atoms with van der Waals surface area (Å²) in [6.07, 6.45) is -1.17. The van der Waals surface area contributed by atoms with E-state index in [1.807, 2.05) is 0 Å². The standard InChI is InChI=1S/C20H30F3N5O2/c1-25-19(27-14-16-6-2-3-7-17(16)30-20(21,22)23)26-10-4-5-11-28-12-8-15(9-13-28)18(24)29/h2-3,6-7,15H,4-5,8-14H2,1H3,(H2,24,29)(H2,25,26,27). The van der Waals surface area contributed by atoms with Crippen LogP contribution in [-0.4, -0.2) is 56.4 Å². The van der Waals surface area contributed by atoms with Gasteiger partial charge in [0.25, 0.3) is 0 Å². The number of hydrogen-bond donors (Lipinski definition) is 3. The lowest BCUT2D eigenvalue weighted by Crippen LogP contribution is -2.39. The number of rotatable bonds is 9. The van der Waals surface area contributed by atoms with Crippen LogP contribution in [0, 0.1) is 5.92 Å². The van der Waals surface area contributed by atoms with Crippen molar-refractivity contribution in [3.05, 3.63) is 29.8 Å². The van der Waals surface area contributed by atoms with Crippen LogP contribution in [0.1, 0.15) is 31.2 Å². The monoisotopic (exact) mass is 429 g/mol. The van der Waals surface area contributed by atoms with E-state index in [1.54, 1.807) is 19.2 Å². The van der Waals surface area contributed by atoms with E-state index in [1.165, 1.54) is 12.1 Å². The minimum Gasteiger partial charge on any atom is -0.405 e. The molecule has 0 atom stereocenters. The molecule has 7 nitrogen and oxygen atoms in total. The Morgan fingerprint density at radius 2 is 1.93 bits per heavy atom. The number of piperidine rings is 1. The van der Waals surface area contributed by atoms with Crippen LogP contribution in [-0.2, 0) is 11.3 Å². The van der Waals surface area contributed by atoms with Crippen LogP contribution in [0.4, 0.5) is 13.2 Å². The number of amides is 1. The number of likely N-dealkylation sites (tertiary alicyclic amines) is 1. The zero-order valence-electron chi connectivity index (χ0n) is 17.2. The number of carbonyl (C=O) groups excluding carboxylic acids is 1. The first-order valence-electron chi connectivity index (χ1n) is 10.1. The van der Waals surface area contributed by atoms with Gasteiger partial charge in [-0.3, -0.25) is 9.79 Å². The molecule has 1 aliphatic rings. The number of nitrogens with two attached hydrogens (primary N) is 1. The number of para-hydroxylation sites is 1.